The molecule has 0 spiro atoms. The predicted molar refractivity (Wildman–Crippen MR) is 37.1 cm³/mol. The summed E-state index contributed by atoms with van der Waals surface area (Å²) in [6.07, 6.45) is 3.27. The molecule has 2 rings (SSSR count). The highest BCUT2D eigenvalue weighted by molar-refractivity contribution is 5.03. The highest BCUT2D eigenvalue weighted by atomic mass is 15.3. The van der Waals surface area contributed by atoms with Gasteiger partial charge in [-0.15, -0.1) is 0 Å². The first-order valence-electron chi connectivity index (χ1n) is 3.53. The van der Waals surface area contributed by atoms with Crippen LogP contribution in [0.25, 0.3) is 0 Å². The number of likely N-dealkylation sites (tertiary alicyclic amines) is 1. The van der Waals surface area contributed by atoms with Gasteiger partial charge in [0, 0.05) is 19.1 Å². The smallest absolute Gasteiger partial charge is 0.0562 e. The number of hydrogen-bond donors (Lipinski definition) is 1. The van der Waals surface area contributed by atoms with E-state index in [1.54, 1.807) is 0 Å². The molecule has 50 valence electrons. The van der Waals surface area contributed by atoms with Gasteiger partial charge in [0.05, 0.1) is 6.04 Å². The molecule has 2 nitrogen and oxygen atoms in total. The summed E-state index contributed by atoms with van der Waals surface area (Å²) in [7, 11) is 0. The highest BCUT2D eigenvalue weighted by Gasteiger charge is 2.38. The summed E-state index contributed by atoms with van der Waals surface area (Å²) in [6.45, 7) is 6.12. The second-order valence-electron chi connectivity index (χ2n) is 2.79. The number of nitrogens with one attached hydrogen (secondary N) is 1. The van der Waals surface area contributed by atoms with Gasteiger partial charge >= 0.3 is 0 Å². The molecule has 2 aliphatic rings. The summed E-state index contributed by atoms with van der Waals surface area (Å²) in [5.74, 6) is 0. The minimum atomic E-state index is 0.780. The van der Waals surface area contributed by atoms with Crippen molar-refractivity contribution in [3.05, 3.63) is 12.8 Å². The fourth-order valence-corrected chi connectivity index (χ4v) is 1.71. The van der Waals surface area contributed by atoms with Crippen molar-refractivity contribution in [1.29, 1.82) is 0 Å². The van der Waals surface area contributed by atoms with E-state index in [0.717, 1.165) is 18.6 Å². The van der Waals surface area contributed by atoms with Crippen molar-refractivity contribution in [2.24, 2.45) is 0 Å². The summed E-state index contributed by atoms with van der Waals surface area (Å²) in [4.78, 5) is 2.33. The predicted octanol–water partition coefficient (Wildman–Crippen LogP) is 0.176. The summed E-state index contributed by atoms with van der Waals surface area (Å²) < 4.78 is 0. The second kappa shape index (κ2) is 1.74. The summed E-state index contributed by atoms with van der Waals surface area (Å²) in [6, 6.07) is 1.56. The van der Waals surface area contributed by atoms with Gasteiger partial charge in [-0.05, 0) is 12.6 Å². The van der Waals surface area contributed by atoms with Crippen LogP contribution in [0.3, 0.4) is 0 Å². The van der Waals surface area contributed by atoms with E-state index in [1.165, 1.54) is 13.0 Å². The van der Waals surface area contributed by atoms with Gasteiger partial charge in [-0.3, -0.25) is 0 Å². The number of rotatable bonds is 1. The Kier molecular flexibility index (Phi) is 1.02. The standard InChI is InChI=1S/C7H12N2/c1-2-9-4-3-6-7(9)5-8-6/h2,6-8H,1,3-5H2. The topological polar surface area (TPSA) is 15.3 Å². The normalized spacial score (nSPS) is 39.8. The molecule has 2 atom stereocenters. The van der Waals surface area contributed by atoms with Crippen molar-refractivity contribution < 1.29 is 0 Å². The van der Waals surface area contributed by atoms with Gasteiger partial charge in [0.1, 0.15) is 0 Å². The molecule has 2 aliphatic heterocycles. The van der Waals surface area contributed by atoms with Gasteiger partial charge in [0.15, 0.2) is 0 Å². The molecule has 2 unspecified atom stereocenters. The highest BCUT2D eigenvalue weighted by Crippen LogP contribution is 2.23. The molecule has 1 N–H and O–H groups in total. The molecule has 2 saturated heterocycles. The van der Waals surface area contributed by atoms with Gasteiger partial charge in [0.25, 0.3) is 0 Å². The Morgan fingerprint density at radius 3 is 2.89 bits per heavy atom. The van der Waals surface area contributed by atoms with Gasteiger partial charge in [-0.2, -0.15) is 0 Å². The van der Waals surface area contributed by atoms with Crippen LogP contribution in [-0.2, 0) is 0 Å². The molecule has 2 heterocycles. The van der Waals surface area contributed by atoms with Crippen LogP contribution < -0.4 is 5.32 Å². The zero-order valence-corrected chi connectivity index (χ0v) is 5.51. The Bertz CT molecular complexity index is 133. The second-order valence-corrected chi connectivity index (χ2v) is 2.79. The molecule has 0 bridgehead atoms. The van der Waals surface area contributed by atoms with Crippen LogP contribution in [-0.4, -0.2) is 30.1 Å². The Morgan fingerprint density at radius 1 is 1.67 bits per heavy atom. The zero-order chi connectivity index (χ0) is 6.27. The fraction of sp³-hybridized carbons (Fsp3) is 0.714. The third kappa shape index (κ3) is 0.597. The number of fused-ring (bicyclic) bond motifs is 1. The van der Waals surface area contributed by atoms with Crippen LogP contribution in [0, 0.1) is 0 Å². The molecular weight excluding hydrogens is 112 g/mol. The first kappa shape index (κ1) is 5.30. The van der Waals surface area contributed by atoms with Crippen molar-refractivity contribution in [2.45, 2.75) is 18.5 Å². The molecular formula is C7H12N2. The van der Waals surface area contributed by atoms with E-state index in [-0.39, 0.29) is 0 Å². The fourth-order valence-electron chi connectivity index (χ4n) is 1.71. The van der Waals surface area contributed by atoms with Crippen molar-refractivity contribution in [3.8, 4) is 0 Å². The van der Waals surface area contributed by atoms with Gasteiger partial charge in [-0.1, -0.05) is 6.58 Å². The molecule has 2 heteroatoms. The van der Waals surface area contributed by atoms with Crippen LogP contribution in [0.1, 0.15) is 6.42 Å². The molecule has 0 aromatic rings. The van der Waals surface area contributed by atoms with Crippen molar-refractivity contribution in [2.75, 3.05) is 13.1 Å². The van der Waals surface area contributed by atoms with E-state index in [0.29, 0.717) is 0 Å². The van der Waals surface area contributed by atoms with Gasteiger partial charge in [-0.25, -0.2) is 0 Å². The first-order valence-corrected chi connectivity index (χ1v) is 3.53. The van der Waals surface area contributed by atoms with E-state index in [1.807, 2.05) is 6.20 Å². The number of nitrogens with zero attached hydrogens (tertiary/aromatic N) is 1. The van der Waals surface area contributed by atoms with E-state index < -0.39 is 0 Å². The van der Waals surface area contributed by atoms with E-state index in [9.17, 15) is 0 Å². The lowest BCUT2D eigenvalue weighted by molar-refractivity contribution is 0.228. The minimum Gasteiger partial charge on any atom is -0.372 e. The Labute approximate surface area is 55.5 Å². The van der Waals surface area contributed by atoms with Gasteiger partial charge in [0.2, 0.25) is 0 Å². The Morgan fingerprint density at radius 2 is 2.56 bits per heavy atom. The van der Waals surface area contributed by atoms with Crippen molar-refractivity contribution in [3.63, 3.8) is 0 Å². The van der Waals surface area contributed by atoms with Crippen molar-refractivity contribution >= 4 is 0 Å². The van der Waals surface area contributed by atoms with Crippen LogP contribution in [0.4, 0.5) is 0 Å². The molecule has 2 fully saturated rings. The van der Waals surface area contributed by atoms with Crippen LogP contribution in [0.15, 0.2) is 12.8 Å². The largest absolute Gasteiger partial charge is 0.372 e. The van der Waals surface area contributed by atoms with Crippen LogP contribution >= 0.6 is 0 Å². The maximum atomic E-state index is 3.76. The third-order valence-corrected chi connectivity index (χ3v) is 2.41. The maximum absolute atomic E-state index is 3.76. The van der Waals surface area contributed by atoms with Crippen LogP contribution in [0.2, 0.25) is 0 Å². The zero-order valence-electron chi connectivity index (χ0n) is 5.51. The van der Waals surface area contributed by atoms with E-state index in [4.69, 9.17) is 0 Å². The lowest BCUT2D eigenvalue weighted by Crippen LogP contribution is -2.58. The average molecular weight is 124 g/mol. The van der Waals surface area contributed by atoms with Crippen LogP contribution in [0.5, 0.6) is 0 Å². The first-order chi connectivity index (χ1) is 4.42. The SMILES string of the molecule is C=CN1CCC2NCC21. The molecule has 0 radical (unpaired) electrons. The molecule has 9 heavy (non-hydrogen) atoms. The Balaban J connectivity index is 2.04. The molecule has 0 amide bonds. The molecule has 0 saturated carbocycles. The molecule has 0 aromatic carbocycles. The third-order valence-electron chi connectivity index (χ3n) is 2.41. The maximum Gasteiger partial charge on any atom is 0.0562 e. The van der Waals surface area contributed by atoms with E-state index in [2.05, 4.69) is 16.8 Å². The van der Waals surface area contributed by atoms with Crippen molar-refractivity contribution in [1.82, 2.24) is 10.2 Å². The molecule has 0 aliphatic carbocycles. The van der Waals surface area contributed by atoms with Gasteiger partial charge < -0.3 is 10.2 Å². The van der Waals surface area contributed by atoms with E-state index >= 15 is 0 Å². The minimum absolute atomic E-state index is 0.780. The summed E-state index contributed by atoms with van der Waals surface area (Å²) >= 11 is 0. The average Bonchev–Trinajstić information content (AvgIpc) is 2.07. The Hall–Kier alpha value is -0.500. The summed E-state index contributed by atoms with van der Waals surface area (Å²) in [5, 5.41) is 3.38. The lowest BCUT2D eigenvalue weighted by atomic mass is 10.0. The quantitative estimate of drug-likeness (QED) is 0.536. The number of hydrogen-bond acceptors (Lipinski definition) is 2. The monoisotopic (exact) mass is 124 g/mol. The lowest BCUT2D eigenvalue weighted by Gasteiger charge is -2.36. The summed E-state index contributed by atoms with van der Waals surface area (Å²) in [5.41, 5.74) is 0. The molecule has 0 aromatic heterocycles.